The highest BCUT2D eigenvalue weighted by atomic mass is 19.1. The molecule has 2 aromatic rings. The fourth-order valence-electron chi connectivity index (χ4n) is 4.56. The fraction of sp³-hybridized carbons (Fsp3) is 0.458. The lowest BCUT2D eigenvalue weighted by Gasteiger charge is -2.28. The Balaban J connectivity index is 1.24. The number of carbonyl (C=O) groups is 1. The van der Waals surface area contributed by atoms with E-state index in [0.29, 0.717) is 19.0 Å². The molecular formula is C24H31FN4O. The number of amides is 2. The van der Waals surface area contributed by atoms with Crippen LogP contribution < -0.4 is 15.5 Å². The number of urea groups is 1. The highest BCUT2D eigenvalue weighted by molar-refractivity contribution is 5.73. The maximum Gasteiger partial charge on any atom is 0.314 e. The van der Waals surface area contributed by atoms with Crippen molar-refractivity contribution in [3.05, 3.63) is 66.0 Å². The molecule has 2 aromatic carbocycles. The number of hydrogen-bond donors (Lipinski definition) is 2. The Bertz CT molecular complexity index is 808. The highest BCUT2D eigenvalue weighted by Crippen LogP contribution is 2.25. The van der Waals surface area contributed by atoms with E-state index in [1.165, 1.54) is 30.5 Å². The van der Waals surface area contributed by atoms with Gasteiger partial charge in [0, 0.05) is 31.9 Å². The van der Waals surface area contributed by atoms with Crippen LogP contribution in [0, 0.1) is 11.7 Å². The van der Waals surface area contributed by atoms with E-state index < -0.39 is 0 Å². The van der Waals surface area contributed by atoms with Crippen molar-refractivity contribution in [3.63, 3.8) is 0 Å². The van der Waals surface area contributed by atoms with E-state index in [-0.39, 0.29) is 17.9 Å². The molecule has 2 fully saturated rings. The molecule has 0 saturated carbocycles. The van der Waals surface area contributed by atoms with E-state index in [0.717, 1.165) is 38.3 Å². The zero-order valence-electron chi connectivity index (χ0n) is 17.4. The monoisotopic (exact) mass is 410 g/mol. The summed E-state index contributed by atoms with van der Waals surface area (Å²) in [6, 6.07) is 17.2. The molecule has 30 heavy (non-hydrogen) atoms. The minimum absolute atomic E-state index is 0.102. The second-order valence-electron chi connectivity index (χ2n) is 8.34. The van der Waals surface area contributed by atoms with Crippen molar-refractivity contribution in [3.8, 4) is 0 Å². The molecule has 2 aliphatic rings. The van der Waals surface area contributed by atoms with Gasteiger partial charge in [0.25, 0.3) is 0 Å². The molecule has 2 N–H and O–H groups in total. The first kappa shape index (κ1) is 20.7. The average molecular weight is 411 g/mol. The summed E-state index contributed by atoms with van der Waals surface area (Å²) in [7, 11) is 0. The number of halogens is 1. The van der Waals surface area contributed by atoms with Crippen molar-refractivity contribution in [2.75, 3.05) is 44.2 Å². The number of nitrogens with one attached hydrogen (secondary N) is 2. The van der Waals surface area contributed by atoms with Crippen LogP contribution >= 0.6 is 0 Å². The van der Waals surface area contributed by atoms with E-state index in [4.69, 9.17) is 0 Å². The largest absolute Gasteiger partial charge is 0.371 e. The molecule has 0 spiro atoms. The van der Waals surface area contributed by atoms with Gasteiger partial charge in [-0.05, 0) is 68.1 Å². The fourth-order valence-corrected chi connectivity index (χ4v) is 4.56. The van der Waals surface area contributed by atoms with Crippen molar-refractivity contribution in [1.29, 1.82) is 0 Å². The zero-order chi connectivity index (χ0) is 20.8. The number of carbonyl (C=O) groups excluding carboxylic acids is 1. The smallest absolute Gasteiger partial charge is 0.314 e. The predicted octanol–water partition coefficient (Wildman–Crippen LogP) is 3.79. The quantitative estimate of drug-likeness (QED) is 0.730. The van der Waals surface area contributed by atoms with Crippen LogP contribution in [0.5, 0.6) is 0 Å². The standard InChI is InChI=1S/C24H31FN4O/c25-21-8-10-22(11-9-21)29-15-12-19(18-29)16-26-24(30)27-17-23(28-13-4-5-14-28)20-6-2-1-3-7-20/h1-3,6-11,19,23H,4-5,12-18H2,(H2,26,27,30)/t19-,23+/m0/s1. The van der Waals surface area contributed by atoms with Gasteiger partial charge in [0.05, 0.1) is 6.04 Å². The van der Waals surface area contributed by atoms with Gasteiger partial charge in [-0.3, -0.25) is 4.90 Å². The van der Waals surface area contributed by atoms with Gasteiger partial charge in [-0.2, -0.15) is 0 Å². The maximum atomic E-state index is 13.1. The van der Waals surface area contributed by atoms with Gasteiger partial charge >= 0.3 is 6.03 Å². The molecule has 2 saturated heterocycles. The topological polar surface area (TPSA) is 47.6 Å². The first-order valence-corrected chi connectivity index (χ1v) is 11.0. The van der Waals surface area contributed by atoms with Crippen LogP contribution in [-0.4, -0.2) is 50.2 Å². The third-order valence-corrected chi connectivity index (χ3v) is 6.25. The SMILES string of the molecule is O=C(NC[C@@H]1CCN(c2ccc(F)cc2)C1)NC[C@H](c1ccccc1)N1CCCC1. The van der Waals surface area contributed by atoms with Crippen LogP contribution in [0.3, 0.4) is 0 Å². The van der Waals surface area contributed by atoms with E-state index >= 15 is 0 Å². The van der Waals surface area contributed by atoms with Gasteiger partial charge in [-0.15, -0.1) is 0 Å². The molecule has 0 aliphatic carbocycles. The van der Waals surface area contributed by atoms with Crippen LogP contribution in [-0.2, 0) is 0 Å². The second kappa shape index (κ2) is 9.94. The number of hydrogen-bond acceptors (Lipinski definition) is 3. The Labute approximate surface area is 178 Å². The molecule has 2 heterocycles. The van der Waals surface area contributed by atoms with Gasteiger partial charge < -0.3 is 15.5 Å². The Morgan fingerprint density at radius 3 is 2.47 bits per heavy atom. The summed E-state index contributed by atoms with van der Waals surface area (Å²) < 4.78 is 13.1. The van der Waals surface area contributed by atoms with E-state index in [1.54, 1.807) is 0 Å². The van der Waals surface area contributed by atoms with Crippen molar-refractivity contribution >= 4 is 11.7 Å². The summed E-state index contributed by atoms with van der Waals surface area (Å²) in [6.45, 7) is 5.26. The van der Waals surface area contributed by atoms with Gasteiger partial charge in [0.15, 0.2) is 0 Å². The Morgan fingerprint density at radius 2 is 1.73 bits per heavy atom. The van der Waals surface area contributed by atoms with Crippen molar-refractivity contribution in [2.45, 2.75) is 25.3 Å². The minimum atomic E-state index is -0.212. The second-order valence-corrected chi connectivity index (χ2v) is 8.34. The summed E-state index contributed by atoms with van der Waals surface area (Å²) >= 11 is 0. The molecule has 2 atom stereocenters. The number of anilines is 1. The number of likely N-dealkylation sites (tertiary alicyclic amines) is 1. The maximum absolute atomic E-state index is 13.1. The lowest BCUT2D eigenvalue weighted by molar-refractivity contribution is 0.220. The lowest BCUT2D eigenvalue weighted by atomic mass is 10.1. The van der Waals surface area contributed by atoms with E-state index in [2.05, 4.69) is 44.7 Å². The Hall–Kier alpha value is -2.60. The number of nitrogens with zero attached hydrogens (tertiary/aromatic N) is 2. The molecule has 0 aromatic heterocycles. The normalized spacial score (nSPS) is 20.3. The Morgan fingerprint density at radius 1 is 1.00 bits per heavy atom. The number of benzene rings is 2. The molecule has 0 bridgehead atoms. The zero-order valence-corrected chi connectivity index (χ0v) is 17.4. The van der Waals surface area contributed by atoms with Gasteiger partial charge in [0.2, 0.25) is 0 Å². The summed E-state index contributed by atoms with van der Waals surface area (Å²) in [5.74, 6) is 0.194. The van der Waals surface area contributed by atoms with Crippen LogP contribution in [0.4, 0.5) is 14.9 Å². The summed E-state index contributed by atoms with van der Waals surface area (Å²) in [4.78, 5) is 17.2. The highest BCUT2D eigenvalue weighted by Gasteiger charge is 2.25. The molecule has 5 nitrogen and oxygen atoms in total. The van der Waals surface area contributed by atoms with Crippen molar-refractivity contribution in [1.82, 2.24) is 15.5 Å². The van der Waals surface area contributed by atoms with Crippen LogP contribution in [0.1, 0.15) is 30.9 Å². The van der Waals surface area contributed by atoms with Gasteiger partial charge in [-0.1, -0.05) is 30.3 Å². The van der Waals surface area contributed by atoms with Crippen LogP contribution in [0.2, 0.25) is 0 Å². The average Bonchev–Trinajstić information content (AvgIpc) is 3.46. The molecule has 0 radical (unpaired) electrons. The van der Waals surface area contributed by atoms with Crippen molar-refractivity contribution in [2.24, 2.45) is 5.92 Å². The van der Waals surface area contributed by atoms with Crippen molar-refractivity contribution < 1.29 is 9.18 Å². The lowest BCUT2D eigenvalue weighted by Crippen LogP contribution is -2.43. The van der Waals surface area contributed by atoms with Gasteiger partial charge in [-0.25, -0.2) is 9.18 Å². The summed E-state index contributed by atoms with van der Waals surface area (Å²) in [6.07, 6.45) is 3.47. The van der Waals surface area contributed by atoms with Crippen LogP contribution in [0.15, 0.2) is 54.6 Å². The molecule has 4 rings (SSSR count). The first-order chi connectivity index (χ1) is 14.7. The minimum Gasteiger partial charge on any atom is -0.371 e. The number of rotatable bonds is 7. The summed E-state index contributed by atoms with van der Waals surface area (Å²) in [5, 5.41) is 6.13. The van der Waals surface area contributed by atoms with E-state index in [1.807, 2.05) is 18.2 Å². The molecule has 2 amide bonds. The first-order valence-electron chi connectivity index (χ1n) is 11.0. The third-order valence-electron chi connectivity index (χ3n) is 6.25. The van der Waals surface area contributed by atoms with E-state index in [9.17, 15) is 9.18 Å². The molecule has 6 heteroatoms. The van der Waals surface area contributed by atoms with Crippen LogP contribution in [0.25, 0.3) is 0 Å². The third kappa shape index (κ3) is 5.30. The van der Waals surface area contributed by atoms with Gasteiger partial charge in [0.1, 0.15) is 5.82 Å². The molecular weight excluding hydrogens is 379 g/mol. The molecule has 2 aliphatic heterocycles. The summed E-state index contributed by atoms with van der Waals surface area (Å²) in [5.41, 5.74) is 2.30. The molecule has 0 unspecified atom stereocenters. The predicted molar refractivity (Wildman–Crippen MR) is 118 cm³/mol. The molecule has 160 valence electrons. The Kier molecular flexibility index (Phi) is 6.84.